The maximum atomic E-state index is 11.8. The predicted octanol–water partition coefficient (Wildman–Crippen LogP) is 2.78. The fourth-order valence-electron chi connectivity index (χ4n) is 1.84. The van der Waals surface area contributed by atoms with Gasteiger partial charge < -0.3 is 15.7 Å². The van der Waals surface area contributed by atoms with E-state index in [4.69, 9.17) is 23.2 Å². The zero-order chi connectivity index (χ0) is 16.8. The molecule has 23 heavy (non-hydrogen) atoms. The molecular formula is C16H14Cl2N2O3. The van der Waals surface area contributed by atoms with Crippen LogP contribution in [0, 0.1) is 0 Å². The van der Waals surface area contributed by atoms with Crippen LogP contribution >= 0.6 is 23.2 Å². The van der Waals surface area contributed by atoms with Crippen LogP contribution in [0.25, 0.3) is 0 Å². The molecule has 0 aliphatic carbocycles. The summed E-state index contributed by atoms with van der Waals surface area (Å²) in [4.78, 5) is 23.6. The van der Waals surface area contributed by atoms with Crippen molar-refractivity contribution in [1.29, 1.82) is 0 Å². The van der Waals surface area contributed by atoms with Gasteiger partial charge in [0, 0.05) is 6.54 Å². The molecule has 0 radical (unpaired) electrons. The van der Waals surface area contributed by atoms with Gasteiger partial charge in [0.25, 0.3) is 0 Å². The monoisotopic (exact) mass is 352 g/mol. The van der Waals surface area contributed by atoms with E-state index < -0.39 is 17.9 Å². The molecule has 2 aromatic rings. The van der Waals surface area contributed by atoms with Crippen LogP contribution in [0.15, 0.2) is 48.5 Å². The molecule has 0 heterocycles. The molecular weight excluding hydrogens is 339 g/mol. The third-order valence-corrected chi connectivity index (χ3v) is 3.87. The number of hydrogen-bond donors (Lipinski definition) is 3. The average Bonchev–Trinajstić information content (AvgIpc) is 2.57. The maximum absolute atomic E-state index is 11.8. The first-order chi connectivity index (χ1) is 11.0. The number of nitrogens with one attached hydrogen (secondary N) is 2. The first-order valence-corrected chi connectivity index (χ1v) is 7.51. The van der Waals surface area contributed by atoms with Gasteiger partial charge >= 0.3 is 11.8 Å². The van der Waals surface area contributed by atoms with E-state index in [1.165, 1.54) is 6.07 Å². The molecule has 1 unspecified atom stereocenters. The number of benzene rings is 2. The van der Waals surface area contributed by atoms with Gasteiger partial charge in [-0.2, -0.15) is 0 Å². The van der Waals surface area contributed by atoms with Crippen molar-refractivity contribution in [2.75, 3.05) is 11.9 Å². The third kappa shape index (κ3) is 4.69. The van der Waals surface area contributed by atoms with Gasteiger partial charge in [-0.25, -0.2) is 0 Å². The lowest BCUT2D eigenvalue weighted by Crippen LogP contribution is -2.37. The molecule has 5 nitrogen and oxygen atoms in total. The largest absolute Gasteiger partial charge is 0.387 e. The molecule has 0 aliphatic heterocycles. The maximum Gasteiger partial charge on any atom is 0.313 e. The fourth-order valence-corrected chi connectivity index (χ4v) is 2.19. The number of anilines is 1. The number of carbonyl (C=O) groups is 2. The molecule has 2 rings (SSSR count). The number of rotatable bonds is 4. The second-order valence-corrected chi connectivity index (χ2v) is 5.48. The average molecular weight is 353 g/mol. The molecule has 120 valence electrons. The molecule has 0 fully saturated rings. The van der Waals surface area contributed by atoms with Crippen molar-refractivity contribution in [2.45, 2.75) is 6.10 Å². The van der Waals surface area contributed by atoms with Crippen LogP contribution in [0.4, 0.5) is 5.69 Å². The second kappa shape index (κ2) is 7.97. The van der Waals surface area contributed by atoms with Gasteiger partial charge in [0.1, 0.15) is 0 Å². The normalized spacial score (nSPS) is 11.6. The van der Waals surface area contributed by atoms with E-state index in [9.17, 15) is 14.7 Å². The summed E-state index contributed by atoms with van der Waals surface area (Å²) >= 11 is 11.8. The van der Waals surface area contributed by atoms with Crippen molar-refractivity contribution < 1.29 is 14.7 Å². The summed E-state index contributed by atoms with van der Waals surface area (Å²) in [6.07, 6.45) is -0.900. The van der Waals surface area contributed by atoms with E-state index in [2.05, 4.69) is 10.6 Å². The quantitative estimate of drug-likeness (QED) is 0.740. The van der Waals surface area contributed by atoms with Gasteiger partial charge in [0.05, 0.1) is 21.8 Å². The Bertz CT molecular complexity index is 708. The molecule has 3 N–H and O–H groups in total. The van der Waals surface area contributed by atoms with E-state index >= 15 is 0 Å². The number of aliphatic hydroxyl groups is 1. The molecule has 1 atom stereocenters. The van der Waals surface area contributed by atoms with Gasteiger partial charge in [-0.05, 0) is 17.7 Å². The highest BCUT2D eigenvalue weighted by Crippen LogP contribution is 2.29. The van der Waals surface area contributed by atoms with Crippen molar-refractivity contribution in [3.05, 3.63) is 64.1 Å². The fraction of sp³-hybridized carbons (Fsp3) is 0.125. The highest BCUT2D eigenvalue weighted by Gasteiger charge is 2.17. The van der Waals surface area contributed by atoms with Crippen LogP contribution in [-0.2, 0) is 9.59 Å². The van der Waals surface area contributed by atoms with Gasteiger partial charge in [-0.1, -0.05) is 59.6 Å². The predicted molar refractivity (Wildman–Crippen MR) is 89.5 cm³/mol. The standard InChI is InChI=1S/C16H14Cl2N2O3/c17-11-7-4-8-12(14(11)18)20-16(23)15(22)19-9-13(21)10-5-2-1-3-6-10/h1-8,13,21H,9H2,(H,19,22)(H,20,23). The molecule has 0 aromatic heterocycles. The Morgan fingerprint density at radius 3 is 2.39 bits per heavy atom. The lowest BCUT2D eigenvalue weighted by molar-refractivity contribution is -0.136. The van der Waals surface area contributed by atoms with Crippen molar-refractivity contribution in [2.24, 2.45) is 0 Å². The van der Waals surface area contributed by atoms with Crippen molar-refractivity contribution >= 4 is 40.7 Å². The van der Waals surface area contributed by atoms with Gasteiger partial charge in [0.15, 0.2) is 0 Å². The number of aliphatic hydroxyl groups excluding tert-OH is 1. The van der Waals surface area contributed by atoms with Crippen molar-refractivity contribution in [3.63, 3.8) is 0 Å². The molecule has 0 spiro atoms. The van der Waals surface area contributed by atoms with Crippen LogP contribution in [0.3, 0.4) is 0 Å². The number of carbonyl (C=O) groups excluding carboxylic acids is 2. The van der Waals surface area contributed by atoms with E-state index in [0.29, 0.717) is 5.56 Å². The Hall–Kier alpha value is -2.08. The Labute approximate surface area is 143 Å². The zero-order valence-corrected chi connectivity index (χ0v) is 13.4. The summed E-state index contributed by atoms with van der Waals surface area (Å²) in [6, 6.07) is 13.5. The molecule has 0 aliphatic rings. The summed E-state index contributed by atoms with van der Waals surface area (Å²) in [7, 11) is 0. The Kier molecular flexibility index (Phi) is 5.98. The minimum absolute atomic E-state index is 0.0838. The topological polar surface area (TPSA) is 78.4 Å². The summed E-state index contributed by atoms with van der Waals surface area (Å²) < 4.78 is 0. The van der Waals surface area contributed by atoms with Gasteiger partial charge in [-0.15, -0.1) is 0 Å². The molecule has 7 heteroatoms. The first kappa shape index (κ1) is 17.3. The van der Waals surface area contributed by atoms with Crippen molar-refractivity contribution in [3.8, 4) is 0 Å². The third-order valence-electron chi connectivity index (χ3n) is 3.05. The number of hydrogen-bond acceptors (Lipinski definition) is 3. The molecule has 0 saturated heterocycles. The van der Waals surface area contributed by atoms with E-state index in [1.807, 2.05) is 6.07 Å². The van der Waals surface area contributed by atoms with Crippen LogP contribution < -0.4 is 10.6 Å². The molecule has 2 aromatic carbocycles. The van der Waals surface area contributed by atoms with Crippen LogP contribution in [0.1, 0.15) is 11.7 Å². The van der Waals surface area contributed by atoms with E-state index in [-0.39, 0.29) is 22.3 Å². The molecule has 2 amide bonds. The summed E-state index contributed by atoms with van der Waals surface area (Å²) in [6.45, 7) is -0.0838. The van der Waals surface area contributed by atoms with Gasteiger partial charge in [-0.3, -0.25) is 9.59 Å². The smallest absolute Gasteiger partial charge is 0.313 e. The van der Waals surface area contributed by atoms with Crippen LogP contribution in [0.2, 0.25) is 10.0 Å². The first-order valence-electron chi connectivity index (χ1n) is 6.75. The highest BCUT2D eigenvalue weighted by atomic mass is 35.5. The van der Waals surface area contributed by atoms with E-state index in [1.54, 1.807) is 36.4 Å². The van der Waals surface area contributed by atoms with Crippen LogP contribution in [-0.4, -0.2) is 23.5 Å². The zero-order valence-electron chi connectivity index (χ0n) is 11.9. The number of halogens is 2. The summed E-state index contributed by atoms with van der Waals surface area (Å²) in [5, 5.41) is 15.1. The van der Waals surface area contributed by atoms with Crippen molar-refractivity contribution in [1.82, 2.24) is 5.32 Å². The minimum Gasteiger partial charge on any atom is -0.387 e. The highest BCUT2D eigenvalue weighted by molar-refractivity contribution is 6.45. The Balaban J connectivity index is 1.90. The SMILES string of the molecule is O=C(NCC(O)c1ccccc1)C(=O)Nc1cccc(Cl)c1Cl. The molecule has 0 bridgehead atoms. The van der Waals surface area contributed by atoms with Crippen LogP contribution in [0.5, 0.6) is 0 Å². The Morgan fingerprint density at radius 2 is 1.70 bits per heavy atom. The second-order valence-electron chi connectivity index (χ2n) is 4.69. The Morgan fingerprint density at radius 1 is 1.00 bits per heavy atom. The number of amides is 2. The lowest BCUT2D eigenvalue weighted by atomic mass is 10.1. The van der Waals surface area contributed by atoms with E-state index in [0.717, 1.165) is 0 Å². The summed E-state index contributed by atoms with van der Waals surface area (Å²) in [5.74, 6) is -1.77. The molecule has 0 saturated carbocycles. The van der Waals surface area contributed by atoms with Gasteiger partial charge in [0.2, 0.25) is 0 Å². The minimum atomic E-state index is -0.900. The lowest BCUT2D eigenvalue weighted by Gasteiger charge is -2.12. The summed E-state index contributed by atoms with van der Waals surface area (Å²) in [5.41, 5.74) is 0.883.